The molecule has 4 rings (SSSR count). The number of carbonyl (C=O) groups excluding carboxylic acids is 1. The van der Waals surface area contributed by atoms with Crippen molar-refractivity contribution in [2.45, 2.75) is 24.9 Å². The summed E-state index contributed by atoms with van der Waals surface area (Å²) in [5, 5.41) is 20.5. The number of benzene rings is 2. The largest absolute Gasteiger partial charge is 0.478 e. The first-order chi connectivity index (χ1) is 16.7. The number of aromatic nitrogens is 3. The van der Waals surface area contributed by atoms with Crippen molar-refractivity contribution in [3.05, 3.63) is 71.0 Å². The number of hydrogen-bond donors (Lipinski definition) is 3. The van der Waals surface area contributed by atoms with E-state index in [1.165, 1.54) is 24.3 Å². The third-order valence-electron chi connectivity index (χ3n) is 5.08. The minimum Gasteiger partial charge on any atom is -0.478 e. The van der Waals surface area contributed by atoms with E-state index < -0.39 is 21.9 Å². The standard InChI is InChI=1S/C23H19N5O6S/c1-3-20(29)24-10-16-11-25-28(13-16)12-15-8-14(2)21-18(9-15)34-26-22(21)27-35(32,33)19-7-5-4-6-17(19)23(30)31/h1,4-9,11,13H,10,12H2,2H3,(H,24,29)(H,26,27)(H,30,31). The second kappa shape index (κ2) is 9.32. The maximum absolute atomic E-state index is 12.9. The number of fused-ring (bicyclic) bond motifs is 1. The zero-order chi connectivity index (χ0) is 25.2. The van der Waals surface area contributed by atoms with Gasteiger partial charge in [0.25, 0.3) is 15.9 Å². The highest BCUT2D eigenvalue weighted by atomic mass is 32.2. The van der Waals surface area contributed by atoms with Gasteiger partial charge in [0.15, 0.2) is 11.4 Å². The van der Waals surface area contributed by atoms with E-state index in [9.17, 15) is 23.1 Å². The monoisotopic (exact) mass is 493 g/mol. The average Bonchev–Trinajstić information content (AvgIpc) is 3.44. The number of carboxylic acid groups (broad SMARTS) is 1. The number of aryl methyl sites for hydroxylation is 1. The second-order valence-electron chi connectivity index (χ2n) is 7.60. The fourth-order valence-electron chi connectivity index (χ4n) is 3.57. The molecule has 11 nitrogen and oxygen atoms in total. The van der Waals surface area contributed by atoms with Crippen molar-refractivity contribution in [3.8, 4) is 12.3 Å². The van der Waals surface area contributed by atoms with E-state index in [4.69, 9.17) is 10.9 Å². The Morgan fingerprint density at radius 3 is 2.74 bits per heavy atom. The first-order valence-electron chi connectivity index (χ1n) is 10.2. The van der Waals surface area contributed by atoms with Crippen molar-refractivity contribution in [2.75, 3.05) is 4.72 Å². The molecule has 0 atom stereocenters. The molecule has 1 amide bonds. The number of aromatic carboxylic acids is 1. The van der Waals surface area contributed by atoms with Gasteiger partial charge >= 0.3 is 5.97 Å². The van der Waals surface area contributed by atoms with Gasteiger partial charge in [-0.05, 0) is 42.2 Å². The fourth-order valence-corrected chi connectivity index (χ4v) is 4.77. The van der Waals surface area contributed by atoms with Crippen LogP contribution in [0.1, 0.15) is 27.0 Å². The summed E-state index contributed by atoms with van der Waals surface area (Å²) in [6.07, 6.45) is 8.40. The Labute approximate surface area is 199 Å². The minimum atomic E-state index is -4.25. The lowest BCUT2D eigenvalue weighted by Crippen LogP contribution is -2.20. The molecule has 2 aromatic carbocycles. The van der Waals surface area contributed by atoms with Gasteiger partial charge in [-0.1, -0.05) is 23.4 Å². The normalized spacial score (nSPS) is 11.2. The maximum Gasteiger partial charge on any atom is 0.337 e. The first kappa shape index (κ1) is 23.5. The Bertz CT molecular complexity index is 1600. The van der Waals surface area contributed by atoms with Crippen LogP contribution in [0, 0.1) is 19.3 Å². The van der Waals surface area contributed by atoms with E-state index in [-0.39, 0.29) is 22.8 Å². The number of rotatable bonds is 8. The van der Waals surface area contributed by atoms with Crippen LogP contribution in [0.2, 0.25) is 0 Å². The summed E-state index contributed by atoms with van der Waals surface area (Å²) in [5.41, 5.74) is 2.27. The van der Waals surface area contributed by atoms with Crippen LogP contribution < -0.4 is 10.0 Å². The molecule has 0 saturated carbocycles. The number of sulfonamides is 1. The van der Waals surface area contributed by atoms with Crippen LogP contribution in [0.15, 0.2) is 58.2 Å². The molecular weight excluding hydrogens is 474 g/mol. The predicted octanol–water partition coefficient (Wildman–Crippen LogP) is 2.13. The molecule has 0 aliphatic rings. The zero-order valence-electron chi connectivity index (χ0n) is 18.3. The Morgan fingerprint density at radius 2 is 2.00 bits per heavy atom. The summed E-state index contributed by atoms with van der Waals surface area (Å²) in [5.74, 6) is 0.0532. The minimum absolute atomic E-state index is 0.0464. The van der Waals surface area contributed by atoms with E-state index in [0.717, 1.165) is 11.1 Å². The van der Waals surface area contributed by atoms with Gasteiger partial charge in [-0.25, -0.2) is 13.2 Å². The molecule has 0 aliphatic heterocycles. The van der Waals surface area contributed by atoms with E-state index >= 15 is 0 Å². The molecule has 2 aromatic heterocycles. The highest BCUT2D eigenvalue weighted by molar-refractivity contribution is 7.92. The molecule has 35 heavy (non-hydrogen) atoms. The van der Waals surface area contributed by atoms with Gasteiger partial charge in [0.05, 0.1) is 23.7 Å². The molecule has 178 valence electrons. The van der Waals surface area contributed by atoms with Gasteiger partial charge in [-0.3, -0.25) is 14.2 Å². The van der Waals surface area contributed by atoms with Crippen LogP contribution in [-0.4, -0.2) is 40.3 Å². The van der Waals surface area contributed by atoms with Crippen LogP contribution in [-0.2, 0) is 27.9 Å². The molecule has 0 saturated heterocycles. The Balaban J connectivity index is 1.57. The summed E-state index contributed by atoms with van der Waals surface area (Å²) in [7, 11) is -4.25. The van der Waals surface area contributed by atoms with E-state index in [2.05, 4.69) is 20.3 Å². The van der Waals surface area contributed by atoms with E-state index in [1.54, 1.807) is 30.1 Å². The quantitative estimate of drug-likeness (QED) is 0.315. The summed E-state index contributed by atoms with van der Waals surface area (Å²) < 4.78 is 35.2. The number of nitrogens with one attached hydrogen (secondary N) is 2. The van der Waals surface area contributed by atoms with Crippen molar-refractivity contribution in [2.24, 2.45) is 0 Å². The SMILES string of the molecule is C#CC(=O)NCc1cnn(Cc2cc(C)c3c(NS(=O)(=O)c4ccccc4C(=O)O)noc3c2)c1. The molecule has 3 N–H and O–H groups in total. The molecule has 0 spiro atoms. The highest BCUT2D eigenvalue weighted by Crippen LogP contribution is 2.30. The van der Waals surface area contributed by atoms with E-state index in [1.807, 2.05) is 12.0 Å². The molecule has 4 aromatic rings. The van der Waals surface area contributed by atoms with Crippen LogP contribution >= 0.6 is 0 Å². The van der Waals surface area contributed by atoms with Crippen LogP contribution in [0.5, 0.6) is 0 Å². The summed E-state index contributed by atoms with van der Waals surface area (Å²) in [4.78, 5) is 22.3. The number of nitrogens with zero attached hydrogens (tertiary/aromatic N) is 3. The van der Waals surface area contributed by atoms with Gasteiger partial charge in [-0.2, -0.15) is 5.10 Å². The summed E-state index contributed by atoms with van der Waals surface area (Å²) in [6, 6.07) is 8.83. The number of anilines is 1. The van der Waals surface area contributed by atoms with Crippen molar-refractivity contribution >= 4 is 38.7 Å². The van der Waals surface area contributed by atoms with Gasteiger partial charge in [-0.15, -0.1) is 6.42 Å². The van der Waals surface area contributed by atoms with E-state index in [0.29, 0.717) is 23.1 Å². The predicted molar refractivity (Wildman–Crippen MR) is 125 cm³/mol. The van der Waals surface area contributed by atoms with Crippen molar-refractivity contribution < 1.29 is 27.6 Å². The highest BCUT2D eigenvalue weighted by Gasteiger charge is 2.25. The second-order valence-corrected chi connectivity index (χ2v) is 9.25. The Morgan fingerprint density at radius 1 is 1.23 bits per heavy atom. The van der Waals surface area contributed by atoms with Gasteiger partial charge < -0.3 is 14.9 Å². The molecule has 0 bridgehead atoms. The first-order valence-corrected chi connectivity index (χ1v) is 11.7. The number of carbonyl (C=O) groups is 2. The summed E-state index contributed by atoms with van der Waals surface area (Å²) in [6.45, 7) is 2.40. The lowest BCUT2D eigenvalue weighted by molar-refractivity contribution is -0.115. The lowest BCUT2D eigenvalue weighted by Gasteiger charge is -2.09. The topological polar surface area (TPSA) is 156 Å². The average molecular weight is 494 g/mol. The number of carboxylic acids is 1. The van der Waals surface area contributed by atoms with Crippen molar-refractivity contribution in [1.82, 2.24) is 20.3 Å². The molecule has 0 radical (unpaired) electrons. The Hall–Kier alpha value is -4.63. The third-order valence-corrected chi connectivity index (χ3v) is 6.48. The molecule has 2 heterocycles. The molecule has 0 unspecified atom stereocenters. The van der Waals surface area contributed by atoms with Crippen molar-refractivity contribution in [1.29, 1.82) is 0 Å². The van der Waals surface area contributed by atoms with Crippen LogP contribution in [0.25, 0.3) is 11.0 Å². The molecule has 12 heteroatoms. The summed E-state index contributed by atoms with van der Waals surface area (Å²) >= 11 is 0. The number of terminal acetylenes is 1. The van der Waals surface area contributed by atoms with Crippen LogP contribution in [0.4, 0.5) is 5.82 Å². The van der Waals surface area contributed by atoms with Gasteiger partial charge in [0.1, 0.15) is 4.90 Å². The molecule has 0 fully saturated rings. The number of hydrogen-bond acceptors (Lipinski definition) is 7. The van der Waals surface area contributed by atoms with Crippen LogP contribution in [0.3, 0.4) is 0 Å². The van der Waals surface area contributed by atoms with Gasteiger partial charge in [0.2, 0.25) is 0 Å². The smallest absolute Gasteiger partial charge is 0.337 e. The Kier molecular flexibility index (Phi) is 6.26. The number of amides is 1. The third kappa shape index (κ3) is 4.99. The fraction of sp³-hybridized carbons (Fsp3) is 0.130. The zero-order valence-corrected chi connectivity index (χ0v) is 19.2. The lowest BCUT2D eigenvalue weighted by atomic mass is 10.1. The molecule has 0 aliphatic carbocycles. The molecular formula is C23H19N5O6S. The van der Waals surface area contributed by atoms with Crippen molar-refractivity contribution in [3.63, 3.8) is 0 Å². The van der Waals surface area contributed by atoms with Gasteiger partial charge in [0, 0.05) is 18.3 Å². The maximum atomic E-state index is 12.9.